The number of carbonyl (C=O) groups excluding carboxylic acids is 1. The van der Waals surface area contributed by atoms with Crippen LogP contribution in [0.25, 0.3) is 0 Å². The number of carbonyl (C=O) groups is 1. The molecule has 2 rings (SSSR count). The van der Waals surface area contributed by atoms with E-state index in [0.29, 0.717) is 11.7 Å². The van der Waals surface area contributed by atoms with Crippen molar-refractivity contribution in [1.29, 1.82) is 0 Å². The number of H-pyrrole nitrogens is 1. The molecule has 1 unspecified atom stereocenters. The first kappa shape index (κ1) is 14.3. The first-order valence-corrected chi connectivity index (χ1v) is 6.84. The number of hydrogen-bond acceptors (Lipinski definition) is 3. The molecule has 0 aliphatic heterocycles. The summed E-state index contributed by atoms with van der Waals surface area (Å²) in [7, 11) is 0. The first-order valence-electron chi connectivity index (χ1n) is 6.84. The van der Waals surface area contributed by atoms with E-state index in [9.17, 15) is 4.79 Å². The normalized spacial score (nSPS) is 12.1. The van der Waals surface area contributed by atoms with Crippen LogP contribution in [0.2, 0.25) is 0 Å². The minimum absolute atomic E-state index is 0.188. The zero-order chi connectivity index (χ0) is 14.4. The second kappa shape index (κ2) is 6.86. The summed E-state index contributed by atoms with van der Waals surface area (Å²) in [6, 6.07) is 9.82. The van der Waals surface area contributed by atoms with Gasteiger partial charge in [-0.25, -0.2) is 0 Å². The number of aromatic amines is 1. The van der Waals surface area contributed by atoms with Gasteiger partial charge in [-0.3, -0.25) is 9.89 Å². The van der Waals surface area contributed by atoms with E-state index in [1.165, 1.54) is 5.56 Å². The van der Waals surface area contributed by atoms with Gasteiger partial charge in [0.2, 0.25) is 0 Å². The van der Waals surface area contributed by atoms with Crippen molar-refractivity contribution in [1.82, 2.24) is 15.5 Å². The summed E-state index contributed by atoms with van der Waals surface area (Å²) in [5.41, 5.74) is 2.43. The molecule has 20 heavy (non-hydrogen) atoms. The smallest absolute Gasteiger partial charge is 0.273 e. The second-order valence-corrected chi connectivity index (χ2v) is 4.72. The van der Waals surface area contributed by atoms with Gasteiger partial charge in [-0.05, 0) is 43.7 Å². The lowest BCUT2D eigenvalue weighted by Gasteiger charge is -2.14. The van der Waals surface area contributed by atoms with Crippen LogP contribution in [0, 0.1) is 0 Å². The third-order valence-electron chi connectivity index (χ3n) is 3.11. The van der Waals surface area contributed by atoms with E-state index in [4.69, 9.17) is 0 Å². The molecular formula is C15H20N4O. The summed E-state index contributed by atoms with van der Waals surface area (Å²) in [6.45, 7) is 5.28. The van der Waals surface area contributed by atoms with Gasteiger partial charge in [0.25, 0.3) is 5.91 Å². The minimum atomic E-state index is -0.188. The zero-order valence-electron chi connectivity index (χ0n) is 11.8. The number of nitrogens with zero attached hydrogens (tertiary/aromatic N) is 1. The molecule has 0 aliphatic carbocycles. The van der Waals surface area contributed by atoms with Crippen molar-refractivity contribution < 1.29 is 4.79 Å². The van der Waals surface area contributed by atoms with Crippen molar-refractivity contribution in [3.8, 4) is 0 Å². The molecule has 1 amide bonds. The number of hydrogen-bond donors (Lipinski definition) is 3. The second-order valence-electron chi connectivity index (χ2n) is 4.72. The average molecular weight is 272 g/mol. The predicted molar refractivity (Wildman–Crippen MR) is 79.7 cm³/mol. The summed E-state index contributed by atoms with van der Waals surface area (Å²) >= 11 is 0. The molecule has 0 aliphatic rings. The Balaban J connectivity index is 1.96. The van der Waals surface area contributed by atoms with Crippen molar-refractivity contribution in [3.63, 3.8) is 0 Å². The van der Waals surface area contributed by atoms with Crippen LogP contribution in [0.1, 0.15) is 42.4 Å². The Kier molecular flexibility index (Phi) is 4.90. The lowest BCUT2D eigenvalue weighted by molar-refractivity contribution is 0.102. The number of benzene rings is 1. The fourth-order valence-electron chi connectivity index (χ4n) is 1.91. The van der Waals surface area contributed by atoms with Crippen molar-refractivity contribution in [2.75, 3.05) is 11.9 Å². The van der Waals surface area contributed by atoms with Gasteiger partial charge in [0, 0.05) is 17.9 Å². The summed E-state index contributed by atoms with van der Waals surface area (Å²) < 4.78 is 0. The highest BCUT2D eigenvalue weighted by molar-refractivity contribution is 6.02. The highest BCUT2D eigenvalue weighted by Crippen LogP contribution is 2.16. The van der Waals surface area contributed by atoms with Crippen molar-refractivity contribution >= 4 is 11.6 Å². The molecule has 0 saturated heterocycles. The van der Waals surface area contributed by atoms with Gasteiger partial charge in [-0.15, -0.1) is 0 Å². The fourth-order valence-corrected chi connectivity index (χ4v) is 1.91. The third-order valence-corrected chi connectivity index (χ3v) is 3.11. The highest BCUT2D eigenvalue weighted by atomic mass is 16.1. The van der Waals surface area contributed by atoms with Crippen LogP contribution >= 0.6 is 0 Å². The molecule has 0 spiro atoms. The molecule has 5 heteroatoms. The quantitative estimate of drug-likeness (QED) is 0.757. The fraction of sp³-hybridized carbons (Fsp3) is 0.333. The van der Waals surface area contributed by atoms with E-state index in [1.54, 1.807) is 12.3 Å². The van der Waals surface area contributed by atoms with E-state index < -0.39 is 0 Å². The largest absolute Gasteiger partial charge is 0.321 e. The molecule has 1 aromatic carbocycles. The summed E-state index contributed by atoms with van der Waals surface area (Å²) in [4.78, 5) is 11.8. The van der Waals surface area contributed by atoms with E-state index in [2.05, 4.69) is 34.7 Å². The summed E-state index contributed by atoms with van der Waals surface area (Å²) in [6.07, 6.45) is 2.67. The maximum Gasteiger partial charge on any atom is 0.273 e. The topological polar surface area (TPSA) is 69.8 Å². The summed E-state index contributed by atoms with van der Waals surface area (Å²) in [5.74, 6) is -0.188. The monoisotopic (exact) mass is 272 g/mol. The maximum absolute atomic E-state index is 11.8. The summed E-state index contributed by atoms with van der Waals surface area (Å²) in [5, 5.41) is 12.6. The molecule has 0 saturated carbocycles. The van der Waals surface area contributed by atoms with Crippen LogP contribution in [0.5, 0.6) is 0 Å². The number of amides is 1. The van der Waals surface area contributed by atoms with E-state index in [1.807, 2.05) is 24.3 Å². The van der Waals surface area contributed by atoms with E-state index >= 15 is 0 Å². The van der Waals surface area contributed by atoms with Crippen LogP contribution in [-0.4, -0.2) is 22.6 Å². The molecule has 3 N–H and O–H groups in total. The molecule has 106 valence electrons. The predicted octanol–water partition coefficient (Wildman–Crippen LogP) is 2.72. The van der Waals surface area contributed by atoms with Gasteiger partial charge in [-0.1, -0.05) is 19.1 Å². The Morgan fingerprint density at radius 2 is 2.05 bits per heavy atom. The number of rotatable bonds is 6. The Labute approximate surface area is 118 Å². The van der Waals surface area contributed by atoms with Gasteiger partial charge >= 0.3 is 0 Å². The third kappa shape index (κ3) is 3.68. The SMILES string of the molecule is CCCNC(C)c1ccc(NC(=O)c2ccn[nH]2)cc1. The molecule has 2 aromatic rings. The Bertz CT molecular complexity index is 534. The lowest BCUT2D eigenvalue weighted by Crippen LogP contribution is -2.19. The van der Waals surface area contributed by atoms with Gasteiger partial charge in [0.15, 0.2) is 0 Å². The van der Waals surface area contributed by atoms with E-state index in [0.717, 1.165) is 18.7 Å². The lowest BCUT2D eigenvalue weighted by atomic mass is 10.1. The van der Waals surface area contributed by atoms with Crippen molar-refractivity contribution in [2.45, 2.75) is 26.3 Å². The van der Waals surface area contributed by atoms with Gasteiger partial charge < -0.3 is 10.6 Å². The molecule has 0 radical (unpaired) electrons. The zero-order valence-corrected chi connectivity index (χ0v) is 11.8. The maximum atomic E-state index is 11.8. The van der Waals surface area contributed by atoms with Crippen molar-refractivity contribution in [2.24, 2.45) is 0 Å². The van der Waals surface area contributed by atoms with Crippen LogP contribution in [0.15, 0.2) is 36.5 Å². The molecule has 0 fully saturated rings. The van der Waals surface area contributed by atoms with Crippen LogP contribution in [0.3, 0.4) is 0 Å². The number of anilines is 1. The Morgan fingerprint density at radius 1 is 1.30 bits per heavy atom. The first-order chi connectivity index (χ1) is 9.70. The van der Waals surface area contributed by atoms with Crippen LogP contribution < -0.4 is 10.6 Å². The van der Waals surface area contributed by atoms with Crippen molar-refractivity contribution in [3.05, 3.63) is 47.8 Å². The molecule has 0 bridgehead atoms. The van der Waals surface area contributed by atoms with Gasteiger partial charge in [0.1, 0.15) is 5.69 Å². The van der Waals surface area contributed by atoms with Crippen LogP contribution in [0.4, 0.5) is 5.69 Å². The highest BCUT2D eigenvalue weighted by Gasteiger charge is 2.08. The van der Waals surface area contributed by atoms with E-state index in [-0.39, 0.29) is 5.91 Å². The Hall–Kier alpha value is -2.14. The molecule has 5 nitrogen and oxygen atoms in total. The molecule has 1 aromatic heterocycles. The molecular weight excluding hydrogens is 252 g/mol. The van der Waals surface area contributed by atoms with Gasteiger partial charge in [0.05, 0.1) is 0 Å². The minimum Gasteiger partial charge on any atom is -0.321 e. The molecule has 1 atom stereocenters. The molecule has 1 heterocycles. The number of aromatic nitrogens is 2. The average Bonchev–Trinajstić information content (AvgIpc) is 3.00. The standard InChI is InChI=1S/C15H20N4O/c1-3-9-16-11(2)12-4-6-13(7-5-12)18-15(20)14-8-10-17-19-14/h4-8,10-11,16H,3,9H2,1-2H3,(H,17,19)(H,18,20). The Morgan fingerprint density at radius 3 is 2.65 bits per heavy atom. The van der Waals surface area contributed by atoms with Gasteiger partial charge in [-0.2, -0.15) is 5.10 Å². The number of nitrogens with one attached hydrogen (secondary N) is 3. The van der Waals surface area contributed by atoms with Crippen LogP contribution in [-0.2, 0) is 0 Å².